The molecular weight excluding hydrogens is 424 g/mol. The molecule has 2 aliphatic heterocycles. The second-order valence-corrected chi connectivity index (χ2v) is 9.52. The molecule has 1 amide bonds. The van der Waals surface area contributed by atoms with E-state index in [4.69, 9.17) is 10.1 Å². The summed E-state index contributed by atoms with van der Waals surface area (Å²) in [7, 11) is 0. The molecule has 2 atom stereocenters. The molecule has 2 aliphatic rings. The zero-order chi connectivity index (χ0) is 23.3. The fourth-order valence-corrected chi connectivity index (χ4v) is 5.11. The number of halogens is 2. The van der Waals surface area contributed by atoms with Gasteiger partial charge in [-0.25, -0.2) is 18.3 Å². The first-order valence-corrected chi connectivity index (χ1v) is 11.7. The Bertz CT molecular complexity index is 1220. The van der Waals surface area contributed by atoms with Crippen LogP contribution in [0.3, 0.4) is 0 Å². The van der Waals surface area contributed by atoms with Gasteiger partial charge in [0, 0.05) is 37.5 Å². The van der Waals surface area contributed by atoms with Gasteiger partial charge in [-0.3, -0.25) is 4.79 Å². The van der Waals surface area contributed by atoms with Crippen molar-refractivity contribution in [2.45, 2.75) is 52.5 Å². The van der Waals surface area contributed by atoms with Crippen molar-refractivity contribution in [3.05, 3.63) is 58.4 Å². The van der Waals surface area contributed by atoms with E-state index in [1.165, 1.54) is 13.0 Å². The Morgan fingerprint density at radius 1 is 1.09 bits per heavy atom. The third kappa shape index (κ3) is 3.85. The highest BCUT2D eigenvalue weighted by Gasteiger charge is 2.34. The van der Waals surface area contributed by atoms with Crippen LogP contribution in [0.5, 0.6) is 0 Å². The highest BCUT2D eigenvalue weighted by molar-refractivity contribution is 5.95. The minimum Gasteiger partial charge on any atom is -0.356 e. The number of benzene rings is 1. The highest BCUT2D eigenvalue weighted by atomic mass is 19.1. The number of fused-ring (bicyclic) bond motifs is 1. The molecule has 2 fully saturated rings. The molecule has 5 rings (SSSR count). The first-order valence-electron chi connectivity index (χ1n) is 11.7. The number of amides is 1. The van der Waals surface area contributed by atoms with Crippen LogP contribution < -0.4 is 4.90 Å². The van der Waals surface area contributed by atoms with Crippen molar-refractivity contribution in [2.24, 2.45) is 5.92 Å². The van der Waals surface area contributed by atoms with Crippen LogP contribution in [0.15, 0.2) is 24.4 Å². The molecule has 0 unspecified atom stereocenters. The predicted octanol–water partition coefficient (Wildman–Crippen LogP) is 4.84. The van der Waals surface area contributed by atoms with Crippen LogP contribution >= 0.6 is 0 Å². The van der Waals surface area contributed by atoms with Gasteiger partial charge in [-0.05, 0) is 57.1 Å². The zero-order valence-electron chi connectivity index (χ0n) is 19.3. The summed E-state index contributed by atoms with van der Waals surface area (Å²) in [5.41, 5.74) is 2.24. The fraction of sp³-hybridized carbons (Fsp3) is 0.480. The number of rotatable bonds is 3. The number of anilines is 1. The minimum absolute atomic E-state index is 0.254. The van der Waals surface area contributed by atoms with Crippen molar-refractivity contribution in [2.75, 3.05) is 24.5 Å². The van der Waals surface area contributed by atoms with Gasteiger partial charge in [0.05, 0.1) is 11.7 Å². The highest BCUT2D eigenvalue weighted by Crippen LogP contribution is 2.34. The Morgan fingerprint density at radius 2 is 1.91 bits per heavy atom. The lowest BCUT2D eigenvalue weighted by Gasteiger charge is -2.35. The van der Waals surface area contributed by atoms with E-state index in [1.807, 2.05) is 19.2 Å². The molecule has 0 aliphatic carbocycles. The fourth-order valence-electron chi connectivity index (χ4n) is 5.11. The molecule has 0 bridgehead atoms. The van der Waals surface area contributed by atoms with Gasteiger partial charge >= 0.3 is 0 Å². The topological polar surface area (TPSA) is 53.7 Å². The normalized spacial score (nSPS) is 21.2. The van der Waals surface area contributed by atoms with Crippen molar-refractivity contribution in [3.63, 3.8) is 0 Å². The van der Waals surface area contributed by atoms with E-state index in [0.717, 1.165) is 55.4 Å². The monoisotopic (exact) mass is 453 g/mol. The number of nitrogens with zero attached hydrogens (tertiary/aromatic N) is 5. The van der Waals surface area contributed by atoms with Crippen molar-refractivity contribution < 1.29 is 13.6 Å². The molecule has 2 aromatic heterocycles. The second kappa shape index (κ2) is 8.39. The lowest BCUT2D eigenvalue weighted by Crippen LogP contribution is -2.39. The van der Waals surface area contributed by atoms with Gasteiger partial charge in [0.25, 0.3) is 5.91 Å². The standard InChI is InChI=1S/C25H29F2N5O/c1-15-9-11-30(13-15)24-17(3)14-32-21(28-24)12-19(29-32)20-6-4-5-10-31(20)25(33)22-18(26)8-7-16(2)23(22)27/h7-8,12,14-15,20H,4-6,9-11,13H2,1-3H3/t15-,20-/m0/s1. The lowest BCUT2D eigenvalue weighted by atomic mass is 9.97. The van der Waals surface area contributed by atoms with Crippen molar-refractivity contribution in [3.8, 4) is 0 Å². The zero-order valence-corrected chi connectivity index (χ0v) is 19.3. The van der Waals surface area contributed by atoms with Gasteiger partial charge in [-0.2, -0.15) is 5.10 Å². The number of hydrogen-bond donors (Lipinski definition) is 0. The van der Waals surface area contributed by atoms with Crippen LogP contribution in [0.25, 0.3) is 5.65 Å². The van der Waals surface area contributed by atoms with Crippen LogP contribution in [0, 0.1) is 31.4 Å². The third-order valence-electron chi connectivity index (χ3n) is 6.95. The second-order valence-electron chi connectivity index (χ2n) is 9.52. The van der Waals surface area contributed by atoms with E-state index in [9.17, 15) is 13.6 Å². The Hall–Kier alpha value is -3.03. The van der Waals surface area contributed by atoms with Crippen molar-refractivity contribution in [1.82, 2.24) is 19.5 Å². The summed E-state index contributed by atoms with van der Waals surface area (Å²) >= 11 is 0. The van der Waals surface area contributed by atoms with E-state index in [1.54, 1.807) is 9.42 Å². The van der Waals surface area contributed by atoms with E-state index in [0.29, 0.717) is 24.6 Å². The molecule has 0 radical (unpaired) electrons. The number of carbonyl (C=O) groups is 1. The van der Waals surface area contributed by atoms with Gasteiger partial charge in [-0.1, -0.05) is 13.0 Å². The lowest BCUT2D eigenvalue weighted by molar-refractivity contribution is 0.0595. The maximum absolute atomic E-state index is 14.7. The molecule has 0 N–H and O–H groups in total. The molecule has 6 nitrogen and oxygen atoms in total. The van der Waals surface area contributed by atoms with Crippen LogP contribution in [0.4, 0.5) is 14.6 Å². The average Bonchev–Trinajstić information content (AvgIpc) is 3.41. The summed E-state index contributed by atoms with van der Waals surface area (Å²) in [5.74, 6) is -0.623. The molecule has 2 saturated heterocycles. The number of hydrogen-bond acceptors (Lipinski definition) is 4. The summed E-state index contributed by atoms with van der Waals surface area (Å²) in [6.07, 6.45) is 5.53. The van der Waals surface area contributed by atoms with E-state index < -0.39 is 23.1 Å². The average molecular weight is 454 g/mol. The first kappa shape index (κ1) is 21.8. The third-order valence-corrected chi connectivity index (χ3v) is 6.95. The van der Waals surface area contributed by atoms with Crippen LogP contribution in [-0.4, -0.2) is 45.0 Å². The summed E-state index contributed by atoms with van der Waals surface area (Å²) < 4.78 is 30.9. The number of piperidine rings is 1. The van der Waals surface area contributed by atoms with Gasteiger partial charge < -0.3 is 9.80 Å². The molecule has 4 heterocycles. The molecule has 8 heteroatoms. The maximum atomic E-state index is 14.7. The molecule has 33 heavy (non-hydrogen) atoms. The summed E-state index contributed by atoms with van der Waals surface area (Å²) in [6, 6.07) is 4.07. The molecule has 3 aromatic rings. The summed E-state index contributed by atoms with van der Waals surface area (Å²) in [4.78, 5) is 22.1. The van der Waals surface area contributed by atoms with E-state index >= 15 is 0 Å². The number of aryl methyl sites for hydroxylation is 2. The van der Waals surface area contributed by atoms with E-state index in [2.05, 4.69) is 11.8 Å². The van der Waals surface area contributed by atoms with Gasteiger partial charge in [0.1, 0.15) is 23.0 Å². The quantitative estimate of drug-likeness (QED) is 0.570. The van der Waals surface area contributed by atoms with Crippen LogP contribution in [-0.2, 0) is 0 Å². The Kier molecular flexibility index (Phi) is 5.54. The Morgan fingerprint density at radius 3 is 2.67 bits per heavy atom. The largest absolute Gasteiger partial charge is 0.356 e. The predicted molar refractivity (Wildman–Crippen MR) is 122 cm³/mol. The molecular formula is C25H29F2N5O. The van der Waals surface area contributed by atoms with Crippen molar-refractivity contribution >= 4 is 17.4 Å². The number of likely N-dealkylation sites (tertiary alicyclic amines) is 1. The molecule has 0 saturated carbocycles. The van der Waals surface area contributed by atoms with Gasteiger partial charge in [-0.15, -0.1) is 0 Å². The molecule has 174 valence electrons. The van der Waals surface area contributed by atoms with E-state index in [-0.39, 0.29) is 11.6 Å². The van der Waals surface area contributed by atoms with Crippen LogP contribution in [0.2, 0.25) is 0 Å². The molecule has 1 aromatic carbocycles. The Labute approximate surface area is 192 Å². The smallest absolute Gasteiger partial charge is 0.260 e. The summed E-state index contributed by atoms with van der Waals surface area (Å²) in [5, 5.41) is 4.72. The summed E-state index contributed by atoms with van der Waals surface area (Å²) in [6.45, 7) is 8.24. The van der Waals surface area contributed by atoms with Gasteiger partial charge in [0.15, 0.2) is 5.65 Å². The maximum Gasteiger partial charge on any atom is 0.260 e. The van der Waals surface area contributed by atoms with Crippen molar-refractivity contribution in [1.29, 1.82) is 0 Å². The first-order chi connectivity index (χ1) is 15.8. The number of carbonyl (C=O) groups excluding carboxylic acids is 1. The number of aromatic nitrogens is 3. The minimum atomic E-state index is -0.829. The Balaban J connectivity index is 1.50. The molecule has 0 spiro atoms. The van der Waals surface area contributed by atoms with Crippen LogP contribution in [0.1, 0.15) is 65.8 Å². The SMILES string of the molecule is Cc1cn2nc([C@@H]3CCCCN3C(=O)c3c(F)ccc(C)c3F)cc2nc1N1CC[C@H](C)C1. The van der Waals surface area contributed by atoms with Gasteiger partial charge in [0.2, 0.25) is 0 Å².